The zero-order chi connectivity index (χ0) is 21.8. The van der Waals surface area contributed by atoms with Gasteiger partial charge >= 0.3 is 0 Å². The van der Waals surface area contributed by atoms with E-state index in [2.05, 4.69) is 60.6 Å². The summed E-state index contributed by atoms with van der Waals surface area (Å²) in [7, 11) is 0. The fourth-order valence-electron chi connectivity index (χ4n) is 9.32. The Labute approximate surface area is 187 Å². The predicted octanol–water partition coefficient (Wildman–Crippen LogP) is 7.74. The molecule has 1 nitrogen and oxygen atoms in total. The first-order valence-corrected chi connectivity index (χ1v) is 13.5. The number of hydrogen-bond acceptors (Lipinski definition) is 1. The van der Waals surface area contributed by atoms with E-state index in [1.165, 1.54) is 44.9 Å². The minimum Gasteiger partial charge on any atom is -0.393 e. The molecule has 30 heavy (non-hydrogen) atoms. The van der Waals surface area contributed by atoms with E-state index >= 15 is 0 Å². The molecule has 0 aromatic heterocycles. The van der Waals surface area contributed by atoms with Crippen LogP contribution in [-0.2, 0) is 0 Å². The summed E-state index contributed by atoms with van der Waals surface area (Å²) in [6.07, 6.45) is 16.0. The first kappa shape index (κ1) is 22.9. The van der Waals surface area contributed by atoms with Crippen molar-refractivity contribution in [3.8, 4) is 0 Å². The van der Waals surface area contributed by atoms with Gasteiger partial charge in [-0.2, -0.15) is 0 Å². The predicted molar refractivity (Wildman–Crippen MR) is 128 cm³/mol. The highest BCUT2D eigenvalue weighted by atomic mass is 16.3. The molecule has 0 radical (unpaired) electrons. The molecule has 0 amide bonds. The van der Waals surface area contributed by atoms with Crippen LogP contribution in [0.2, 0.25) is 0 Å². The standard InChI is InChI=1S/C29H50O/c1-18(2)19(3)8-9-20(4)23-12-13-25-22-10-11-24-21(5)27(30)15-17-29(24,7)26(22)14-16-28(23,25)6/h8-9,18-27,30H,10-17H2,1-7H3/b9-8+/t19?,20?,21-,22?,23?,24-,25?,26?,27?,28?,29?/m0/s1. The fourth-order valence-corrected chi connectivity index (χ4v) is 9.32. The van der Waals surface area contributed by atoms with Crippen molar-refractivity contribution in [3.05, 3.63) is 12.2 Å². The summed E-state index contributed by atoms with van der Waals surface area (Å²) in [6.45, 7) is 17.2. The molecular formula is C29H50O. The molecule has 11 atom stereocenters. The van der Waals surface area contributed by atoms with Crippen molar-refractivity contribution in [1.29, 1.82) is 0 Å². The SMILES string of the molecule is CC(C)C(C)/C=C/C(C)C1CCC2C3CC[C@H]4[C@H](C)C(O)CCC4(C)C3CCC12C. The first-order chi connectivity index (χ1) is 14.1. The zero-order valence-electron chi connectivity index (χ0n) is 21.0. The van der Waals surface area contributed by atoms with Gasteiger partial charge < -0.3 is 5.11 Å². The average Bonchev–Trinajstić information content (AvgIpc) is 3.06. The van der Waals surface area contributed by atoms with Gasteiger partial charge in [0.25, 0.3) is 0 Å². The minimum atomic E-state index is -0.0507. The Bertz CT molecular complexity index is 636. The summed E-state index contributed by atoms with van der Waals surface area (Å²) >= 11 is 0. The van der Waals surface area contributed by atoms with Gasteiger partial charge in [-0.3, -0.25) is 0 Å². The van der Waals surface area contributed by atoms with Crippen LogP contribution in [0.3, 0.4) is 0 Å². The molecule has 0 heterocycles. The maximum atomic E-state index is 10.5. The van der Waals surface area contributed by atoms with Crippen LogP contribution in [0.1, 0.15) is 99.8 Å². The van der Waals surface area contributed by atoms with Gasteiger partial charge in [0.2, 0.25) is 0 Å². The summed E-state index contributed by atoms with van der Waals surface area (Å²) in [5.41, 5.74) is 1.04. The highest BCUT2D eigenvalue weighted by molar-refractivity contribution is 5.12. The topological polar surface area (TPSA) is 20.2 Å². The molecule has 4 saturated carbocycles. The van der Waals surface area contributed by atoms with Crippen LogP contribution in [0, 0.1) is 64.1 Å². The van der Waals surface area contributed by atoms with Gasteiger partial charge in [0.15, 0.2) is 0 Å². The van der Waals surface area contributed by atoms with Crippen LogP contribution in [0.5, 0.6) is 0 Å². The average molecular weight is 415 g/mol. The molecule has 9 unspecified atom stereocenters. The summed E-state index contributed by atoms with van der Waals surface area (Å²) in [6, 6.07) is 0. The Morgan fingerprint density at radius 1 is 0.767 bits per heavy atom. The van der Waals surface area contributed by atoms with E-state index in [0.29, 0.717) is 22.7 Å². The number of rotatable bonds is 4. The smallest absolute Gasteiger partial charge is 0.0568 e. The molecule has 4 aliphatic rings. The summed E-state index contributed by atoms with van der Waals surface area (Å²) in [4.78, 5) is 0. The third-order valence-corrected chi connectivity index (χ3v) is 11.6. The molecule has 4 aliphatic carbocycles. The Balaban J connectivity index is 1.51. The molecule has 1 N–H and O–H groups in total. The number of aliphatic hydroxyl groups is 1. The monoisotopic (exact) mass is 414 g/mol. The van der Waals surface area contributed by atoms with Crippen molar-refractivity contribution < 1.29 is 5.11 Å². The van der Waals surface area contributed by atoms with Gasteiger partial charge in [0.05, 0.1) is 6.10 Å². The third kappa shape index (κ3) is 3.54. The lowest BCUT2D eigenvalue weighted by Gasteiger charge is -2.62. The van der Waals surface area contributed by atoms with Crippen LogP contribution in [-0.4, -0.2) is 11.2 Å². The van der Waals surface area contributed by atoms with Crippen molar-refractivity contribution in [2.45, 2.75) is 106 Å². The lowest BCUT2D eigenvalue weighted by Crippen LogP contribution is -2.56. The Hall–Kier alpha value is -0.300. The van der Waals surface area contributed by atoms with Crippen molar-refractivity contribution in [1.82, 2.24) is 0 Å². The maximum Gasteiger partial charge on any atom is 0.0568 e. The van der Waals surface area contributed by atoms with Crippen molar-refractivity contribution in [3.63, 3.8) is 0 Å². The number of allylic oxidation sites excluding steroid dienone is 2. The van der Waals surface area contributed by atoms with Crippen molar-refractivity contribution in [2.24, 2.45) is 64.1 Å². The first-order valence-electron chi connectivity index (χ1n) is 13.5. The van der Waals surface area contributed by atoms with Gasteiger partial charge in [-0.05, 0) is 115 Å². The zero-order valence-corrected chi connectivity index (χ0v) is 21.0. The molecule has 0 spiro atoms. The number of aliphatic hydroxyl groups excluding tert-OH is 1. The van der Waals surface area contributed by atoms with E-state index in [1.54, 1.807) is 0 Å². The second-order valence-corrected chi connectivity index (χ2v) is 13.1. The Morgan fingerprint density at radius 2 is 1.40 bits per heavy atom. The van der Waals surface area contributed by atoms with E-state index < -0.39 is 0 Å². The quantitative estimate of drug-likeness (QED) is 0.466. The molecule has 0 aliphatic heterocycles. The molecular weight excluding hydrogens is 364 g/mol. The van der Waals surface area contributed by atoms with E-state index in [1.807, 2.05) is 0 Å². The summed E-state index contributed by atoms with van der Waals surface area (Å²) in [5, 5.41) is 10.5. The normalized spacial score (nSPS) is 50.8. The van der Waals surface area contributed by atoms with E-state index in [4.69, 9.17) is 0 Å². The molecule has 4 rings (SSSR count). The molecule has 0 bridgehead atoms. The molecule has 0 aromatic rings. The van der Waals surface area contributed by atoms with Gasteiger partial charge in [-0.25, -0.2) is 0 Å². The van der Waals surface area contributed by atoms with E-state index in [9.17, 15) is 5.11 Å². The van der Waals surface area contributed by atoms with Gasteiger partial charge in [0.1, 0.15) is 0 Å². The van der Waals surface area contributed by atoms with Crippen molar-refractivity contribution >= 4 is 0 Å². The van der Waals surface area contributed by atoms with Crippen LogP contribution in [0.25, 0.3) is 0 Å². The van der Waals surface area contributed by atoms with E-state index in [0.717, 1.165) is 47.8 Å². The summed E-state index contributed by atoms with van der Waals surface area (Å²) in [5.74, 6) is 7.07. The van der Waals surface area contributed by atoms with E-state index in [-0.39, 0.29) is 6.10 Å². The minimum absolute atomic E-state index is 0.0507. The van der Waals surface area contributed by atoms with Crippen LogP contribution >= 0.6 is 0 Å². The molecule has 4 fully saturated rings. The summed E-state index contributed by atoms with van der Waals surface area (Å²) < 4.78 is 0. The number of hydrogen-bond donors (Lipinski definition) is 1. The largest absolute Gasteiger partial charge is 0.393 e. The Kier molecular flexibility index (Phi) is 6.28. The van der Waals surface area contributed by atoms with Crippen LogP contribution in [0.4, 0.5) is 0 Å². The van der Waals surface area contributed by atoms with Crippen molar-refractivity contribution in [2.75, 3.05) is 0 Å². The lowest BCUT2D eigenvalue weighted by molar-refractivity contribution is -0.148. The van der Waals surface area contributed by atoms with Gasteiger partial charge in [0, 0.05) is 0 Å². The number of fused-ring (bicyclic) bond motifs is 5. The second kappa shape index (κ2) is 8.24. The van der Waals surface area contributed by atoms with Gasteiger partial charge in [-0.15, -0.1) is 0 Å². The lowest BCUT2D eigenvalue weighted by atomic mass is 9.43. The van der Waals surface area contributed by atoms with Crippen LogP contribution in [0.15, 0.2) is 12.2 Å². The molecule has 0 saturated heterocycles. The fraction of sp³-hybridized carbons (Fsp3) is 0.931. The highest BCUT2D eigenvalue weighted by Gasteiger charge is 2.61. The van der Waals surface area contributed by atoms with Gasteiger partial charge in [-0.1, -0.05) is 60.6 Å². The second-order valence-electron chi connectivity index (χ2n) is 13.1. The Morgan fingerprint density at radius 3 is 2.10 bits per heavy atom. The molecule has 172 valence electrons. The molecule has 0 aromatic carbocycles. The molecule has 1 heteroatoms. The third-order valence-electron chi connectivity index (χ3n) is 11.6. The highest BCUT2D eigenvalue weighted by Crippen LogP contribution is 2.68. The maximum absolute atomic E-state index is 10.5. The van der Waals surface area contributed by atoms with Crippen LogP contribution < -0.4 is 0 Å².